The van der Waals surface area contributed by atoms with Crippen LogP contribution in [-0.2, 0) is 6.61 Å². The van der Waals surface area contributed by atoms with Gasteiger partial charge in [0.2, 0.25) is 0 Å². The molecule has 0 radical (unpaired) electrons. The van der Waals surface area contributed by atoms with Crippen LogP contribution in [0.5, 0.6) is 5.75 Å². The Labute approximate surface area is 88.6 Å². The highest BCUT2D eigenvalue weighted by Gasteiger charge is 2.18. The van der Waals surface area contributed by atoms with Gasteiger partial charge in [0.25, 0.3) is 5.69 Å². The van der Waals surface area contributed by atoms with Crippen LogP contribution in [0.2, 0.25) is 0 Å². The molecule has 0 saturated heterocycles. The van der Waals surface area contributed by atoms with E-state index in [4.69, 9.17) is 9.84 Å². The molecule has 0 amide bonds. The van der Waals surface area contributed by atoms with E-state index in [9.17, 15) is 10.1 Å². The van der Waals surface area contributed by atoms with Gasteiger partial charge in [0.15, 0.2) is 0 Å². The zero-order valence-electron chi connectivity index (χ0n) is 7.36. The van der Waals surface area contributed by atoms with Crippen molar-refractivity contribution in [2.24, 2.45) is 0 Å². The Balaban J connectivity index is 3.35. The molecule has 0 aliphatic heterocycles. The van der Waals surface area contributed by atoms with Crippen molar-refractivity contribution in [2.45, 2.75) is 6.61 Å². The topological polar surface area (TPSA) is 72.6 Å². The van der Waals surface area contributed by atoms with E-state index >= 15 is 0 Å². The Morgan fingerprint density at radius 2 is 2.29 bits per heavy atom. The van der Waals surface area contributed by atoms with Gasteiger partial charge in [0.1, 0.15) is 5.75 Å². The molecule has 0 heterocycles. The van der Waals surface area contributed by atoms with Gasteiger partial charge < -0.3 is 9.84 Å². The van der Waals surface area contributed by atoms with Crippen LogP contribution in [0, 0.1) is 10.1 Å². The van der Waals surface area contributed by atoms with E-state index in [1.165, 1.54) is 19.2 Å². The molecule has 76 valence electrons. The number of hydrogen-bond acceptors (Lipinski definition) is 4. The van der Waals surface area contributed by atoms with Gasteiger partial charge in [0, 0.05) is 6.07 Å². The van der Waals surface area contributed by atoms with Crippen molar-refractivity contribution < 1.29 is 14.8 Å². The predicted molar refractivity (Wildman–Crippen MR) is 53.3 cm³/mol. The van der Waals surface area contributed by atoms with Crippen molar-refractivity contribution in [3.63, 3.8) is 0 Å². The third-order valence-electron chi connectivity index (χ3n) is 1.76. The van der Waals surface area contributed by atoms with Gasteiger partial charge in [0.05, 0.1) is 28.7 Å². The molecule has 0 unspecified atom stereocenters. The maximum absolute atomic E-state index is 10.6. The average molecular weight is 262 g/mol. The molecular weight excluding hydrogens is 254 g/mol. The number of hydrogen-bond donors (Lipinski definition) is 1. The molecule has 0 saturated carbocycles. The van der Waals surface area contributed by atoms with Crippen molar-refractivity contribution in [1.29, 1.82) is 0 Å². The Hall–Kier alpha value is -1.14. The number of ether oxygens (including phenoxy) is 1. The second-order valence-corrected chi connectivity index (χ2v) is 3.29. The van der Waals surface area contributed by atoms with Crippen LogP contribution < -0.4 is 4.74 Å². The van der Waals surface area contributed by atoms with Gasteiger partial charge in [-0.15, -0.1) is 0 Å². The van der Waals surface area contributed by atoms with Gasteiger partial charge in [-0.3, -0.25) is 10.1 Å². The van der Waals surface area contributed by atoms with Crippen LogP contribution in [0.25, 0.3) is 0 Å². The van der Waals surface area contributed by atoms with Gasteiger partial charge in [-0.05, 0) is 22.0 Å². The standard InChI is InChI=1S/C8H8BrNO4/c1-14-7-3-2-6(10(12)13)5(4-11)8(7)9/h2-3,11H,4H2,1H3. The molecule has 14 heavy (non-hydrogen) atoms. The minimum atomic E-state index is -0.546. The molecule has 1 N–H and O–H groups in total. The number of nitro groups is 1. The van der Waals surface area contributed by atoms with E-state index in [1.807, 2.05) is 0 Å². The Morgan fingerprint density at radius 1 is 1.64 bits per heavy atom. The molecular formula is C8H8BrNO4. The van der Waals surface area contributed by atoms with Crippen LogP contribution >= 0.6 is 15.9 Å². The van der Waals surface area contributed by atoms with Crippen molar-refractivity contribution in [3.05, 3.63) is 32.3 Å². The Bertz CT molecular complexity index is 367. The summed E-state index contributed by atoms with van der Waals surface area (Å²) in [6.07, 6.45) is 0. The molecule has 0 aliphatic carbocycles. The zero-order valence-corrected chi connectivity index (χ0v) is 8.94. The van der Waals surface area contributed by atoms with Crippen molar-refractivity contribution in [2.75, 3.05) is 7.11 Å². The number of nitro benzene ring substituents is 1. The summed E-state index contributed by atoms with van der Waals surface area (Å²) in [6.45, 7) is -0.409. The smallest absolute Gasteiger partial charge is 0.276 e. The quantitative estimate of drug-likeness (QED) is 0.666. The fraction of sp³-hybridized carbons (Fsp3) is 0.250. The van der Waals surface area contributed by atoms with Gasteiger partial charge in [-0.2, -0.15) is 0 Å². The van der Waals surface area contributed by atoms with E-state index in [1.54, 1.807) is 0 Å². The summed E-state index contributed by atoms with van der Waals surface area (Å²) in [4.78, 5) is 10.0. The first-order valence-electron chi connectivity index (χ1n) is 3.72. The number of benzene rings is 1. The summed E-state index contributed by atoms with van der Waals surface area (Å²) in [7, 11) is 1.45. The predicted octanol–water partition coefficient (Wildman–Crippen LogP) is 1.86. The molecule has 1 rings (SSSR count). The first-order chi connectivity index (χ1) is 6.61. The summed E-state index contributed by atoms with van der Waals surface area (Å²) in [5.41, 5.74) is 0.0922. The maximum Gasteiger partial charge on any atom is 0.276 e. The summed E-state index contributed by atoms with van der Waals surface area (Å²) in [5, 5.41) is 19.5. The summed E-state index contributed by atoms with van der Waals surface area (Å²) >= 11 is 3.13. The fourth-order valence-electron chi connectivity index (χ4n) is 1.07. The van der Waals surface area contributed by atoms with Crippen LogP contribution in [0.4, 0.5) is 5.69 Å². The molecule has 5 nitrogen and oxygen atoms in total. The summed E-state index contributed by atoms with van der Waals surface area (Å²) < 4.78 is 5.36. The molecule has 0 aromatic heterocycles. The number of methoxy groups -OCH3 is 1. The second kappa shape index (κ2) is 4.39. The van der Waals surface area contributed by atoms with Crippen LogP contribution in [0.15, 0.2) is 16.6 Å². The normalized spacial score (nSPS) is 9.93. The maximum atomic E-state index is 10.6. The molecule has 0 atom stereocenters. The first-order valence-corrected chi connectivity index (χ1v) is 4.51. The van der Waals surface area contributed by atoms with E-state index in [2.05, 4.69) is 15.9 Å². The Kier molecular flexibility index (Phi) is 3.43. The van der Waals surface area contributed by atoms with Crippen molar-refractivity contribution in [3.8, 4) is 5.75 Å². The Morgan fingerprint density at radius 3 is 2.71 bits per heavy atom. The van der Waals surface area contributed by atoms with E-state index in [-0.39, 0.29) is 11.3 Å². The van der Waals surface area contributed by atoms with Gasteiger partial charge in [-0.1, -0.05) is 0 Å². The minimum absolute atomic E-state index is 0.125. The highest BCUT2D eigenvalue weighted by molar-refractivity contribution is 9.10. The number of aliphatic hydroxyl groups is 1. The minimum Gasteiger partial charge on any atom is -0.496 e. The van der Waals surface area contributed by atoms with Crippen molar-refractivity contribution >= 4 is 21.6 Å². The number of halogens is 1. The molecule has 6 heteroatoms. The van der Waals surface area contributed by atoms with E-state index in [0.717, 1.165) is 0 Å². The lowest BCUT2D eigenvalue weighted by molar-refractivity contribution is -0.386. The molecule has 0 spiro atoms. The fourth-order valence-corrected chi connectivity index (χ4v) is 1.69. The summed E-state index contributed by atoms with van der Waals surface area (Å²) in [6, 6.07) is 2.77. The second-order valence-electron chi connectivity index (χ2n) is 2.49. The monoisotopic (exact) mass is 261 g/mol. The highest BCUT2D eigenvalue weighted by atomic mass is 79.9. The van der Waals surface area contributed by atoms with Gasteiger partial charge in [-0.25, -0.2) is 0 Å². The molecule has 1 aromatic rings. The molecule has 0 bridgehead atoms. The van der Waals surface area contributed by atoms with Crippen LogP contribution in [-0.4, -0.2) is 17.1 Å². The third-order valence-corrected chi connectivity index (χ3v) is 2.63. The molecule has 0 fully saturated rings. The zero-order chi connectivity index (χ0) is 10.7. The van der Waals surface area contributed by atoms with E-state index < -0.39 is 11.5 Å². The number of rotatable bonds is 3. The highest BCUT2D eigenvalue weighted by Crippen LogP contribution is 2.34. The molecule has 0 aliphatic rings. The van der Waals surface area contributed by atoms with Crippen LogP contribution in [0.3, 0.4) is 0 Å². The lowest BCUT2D eigenvalue weighted by Crippen LogP contribution is -1.98. The average Bonchev–Trinajstić information content (AvgIpc) is 2.17. The van der Waals surface area contributed by atoms with E-state index in [0.29, 0.717) is 10.2 Å². The van der Waals surface area contributed by atoms with Crippen molar-refractivity contribution in [1.82, 2.24) is 0 Å². The third kappa shape index (κ3) is 1.85. The number of nitrogens with zero attached hydrogens (tertiary/aromatic N) is 1. The summed E-state index contributed by atoms with van der Waals surface area (Å²) in [5.74, 6) is 0.458. The lowest BCUT2D eigenvalue weighted by atomic mass is 10.2. The largest absolute Gasteiger partial charge is 0.496 e. The molecule has 1 aromatic carbocycles. The lowest BCUT2D eigenvalue weighted by Gasteiger charge is -2.07. The van der Waals surface area contributed by atoms with Gasteiger partial charge >= 0.3 is 0 Å². The first kappa shape index (κ1) is 10.9. The van der Waals surface area contributed by atoms with Crippen LogP contribution in [0.1, 0.15) is 5.56 Å². The number of aliphatic hydroxyl groups excluding tert-OH is 1. The SMILES string of the molecule is COc1ccc([N+](=O)[O-])c(CO)c1Br.